The Bertz CT molecular complexity index is 842. The van der Waals surface area contributed by atoms with Gasteiger partial charge in [-0.3, -0.25) is 0 Å². The second kappa shape index (κ2) is 7.28. The molecule has 2 aromatic carbocycles. The van der Waals surface area contributed by atoms with Crippen molar-refractivity contribution >= 4 is 18.7 Å². The molecule has 162 valence electrons. The molecule has 5 heteroatoms. The smallest absolute Gasteiger partial charge is 0.261 e. The van der Waals surface area contributed by atoms with E-state index in [1.165, 1.54) is 10.4 Å². The molecule has 5 atom stereocenters. The minimum Gasteiger partial charge on any atom is -0.405 e. The fraction of sp³-hybridized carbons (Fsp3) is 0.520. The molecule has 0 aromatic heterocycles. The molecule has 4 nitrogen and oxygen atoms in total. The summed E-state index contributed by atoms with van der Waals surface area (Å²) >= 11 is 0. The van der Waals surface area contributed by atoms with E-state index < -0.39 is 25.6 Å². The van der Waals surface area contributed by atoms with Crippen LogP contribution in [0.3, 0.4) is 0 Å². The van der Waals surface area contributed by atoms with Crippen LogP contribution in [0.25, 0.3) is 0 Å². The van der Waals surface area contributed by atoms with Crippen LogP contribution in [0.15, 0.2) is 60.7 Å². The van der Waals surface area contributed by atoms with Crippen LogP contribution in [-0.4, -0.2) is 49.5 Å². The van der Waals surface area contributed by atoms with Gasteiger partial charge in [0.05, 0.1) is 12.7 Å². The van der Waals surface area contributed by atoms with Crippen LogP contribution in [0.2, 0.25) is 5.04 Å². The first-order valence-corrected chi connectivity index (χ1v) is 12.8. The number of epoxide rings is 2. The van der Waals surface area contributed by atoms with Crippen LogP contribution < -0.4 is 10.4 Å². The molecule has 0 radical (unpaired) electrons. The van der Waals surface area contributed by atoms with E-state index in [0.717, 1.165) is 0 Å². The highest BCUT2D eigenvalue weighted by Crippen LogP contribution is 2.51. The maximum atomic E-state index is 10.9. The summed E-state index contributed by atoms with van der Waals surface area (Å²) in [5, 5.41) is 13.3. The standard InChI is InChI=1S/C25H34O4Si/c1-18-24(5,28-18)22(26)25(6)21(29-25)17-27-30(23(2,3)4,19-13-9-7-10-14-19)20-15-11-8-12-16-20/h7-16,18,21-22,26H,17H2,1-6H3/t18-,21+,22+,24+,25+/m1/s1. The Hall–Kier alpha value is -1.50. The summed E-state index contributed by atoms with van der Waals surface area (Å²) in [6.07, 6.45) is -0.776. The SMILES string of the molecule is C[C@H]1O[C@]1(C)[C@H](O)[C@@]1(C)O[C@H]1CO[Si](c1ccccc1)(c1ccccc1)C(C)(C)C. The van der Waals surface area contributed by atoms with Gasteiger partial charge in [0.2, 0.25) is 0 Å². The molecule has 2 aliphatic heterocycles. The van der Waals surface area contributed by atoms with E-state index in [1.807, 2.05) is 32.9 Å². The van der Waals surface area contributed by atoms with Gasteiger partial charge in [-0.15, -0.1) is 0 Å². The van der Waals surface area contributed by atoms with Crippen LogP contribution in [0.1, 0.15) is 41.5 Å². The Labute approximate surface area is 181 Å². The minimum absolute atomic E-state index is 0.0479. The van der Waals surface area contributed by atoms with Crippen molar-refractivity contribution in [2.45, 2.75) is 76.1 Å². The molecule has 2 fully saturated rings. The van der Waals surface area contributed by atoms with E-state index in [9.17, 15) is 5.11 Å². The van der Waals surface area contributed by atoms with Crippen molar-refractivity contribution in [3.63, 3.8) is 0 Å². The van der Waals surface area contributed by atoms with E-state index in [4.69, 9.17) is 13.9 Å². The summed E-state index contributed by atoms with van der Waals surface area (Å²) in [7, 11) is -2.61. The van der Waals surface area contributed by atoms with Crippen LogP contribution in [0.4, 0.5) is 0 Å². The van der Waals surface area contributed by atoms with Gasteiger partial charge >= 0.3 is 0 Å². The lowest BCUT2D eigenvalue weighted by Crippen LogP contribution is -2.67. The summed E-state index contributed by atoms with van der Waals surface area (Å²) in [6, 6.07) is 21.2. The highest BCUT2D eigenvalue weighted by Gasteiger charge is 2.69. The molecular formula is C25H34O4Si. The van der Waals surface area contributed by atoms with Gasteiger partial charge in [0.15, 0.2) is 0 Å². The van der Waals surface area contributed by atoms with Crippen LogP contribution in [-0.2, 0) is 13.9 Å². The van der Waals surface area contributed by atoms with Crippen molar-refractivity contribution in [3.8, 4) is 0 Å². The number of hydrogen-bond acceptors (Lipinski definition) is 4. The van der Waals surface area contributed by atoms with Gasteiger partial charge in [-0.2, -0.15) is 0 Å². The topological polar surface area (TPSA) is 54.5 Å². The lowest BCUT2D eigenvalue weighted by atomic mass is 9.89. The van der Waals surface area contributed by atoms with Gasteiger partial charge in [0, 0.05) is 0 Å². The van der Waals surface area contributed by atoms with Gasteiger partial charge < -0.3 is 19.0 Å². The van der Waals surface area contributed by atoms with Gasteiger partial charge in [0.25, 0.3) is 8.32 Å². The highest BCUT2D eigenvalue weighted by atomic mass is 28.4. The van der Waals surface area contributed by atoms with Crippen molar-refractivity contribution in [1.82, 2.24) is 0 Å². The Morgan fingerprint density at radius 3 is 1.80 bits per heavy atom. The molecular weight excluding hydrogens is 392 g/mol. The van der Waals surface area contributed by atoms with Gasteiger partial charge in [-0.25, -0.2) is 0 Å². The molecule has 2 heterocycles. The quantitative estimate of drug-likeness (QED) is 0.545. The van der Waals surface area contributed by atoms with Crippen molar-refractivity contribution in [2.24, 2.45) is 0 Å². The predicted molar refractivity (Wildman–Crippen MR) is 122 cm³/mol. The average molecular weight is 427 g/mol. The second-order valence-electron chi connectivity index (χ2n) is 10.1. The number of aliphatic hydroxyl groups excluding tert-OH is 1. The normalized spacial score (nSPS) is 32.0. The second-order valence-corrected chi connectivity index (χ2v) is 14.4. The van der Waals surface area contributed by atoms with Crippen molar-refractivity contribution in [2.75, 3.05) is 6.61 Å². The minimum atomic E-state index is -2.61. The van der Waals surface area contributed by atoms with Gasteiger partial charge in [-0.05, 0) is 36.2 Å². The number of rotatable bonds is 7. The molecule has 0 amide bonds. The Kier molecular flexibility index (Phi) is 5.27. The van der Waals surface area contributed by atoms with E-state index in [1.54, 1.807) is 0 Å². The van der Waals surface area contributed by atoms with Crippen molar-refractivity contribution in [1.29, 1.82) is 0 Å². The number of aliphatic hydroxyl groups is 1. The summed E-state index contributed by atoms with van der Waals surface area (Å²) in [5.41, 5.74) is -1.16. The molecule has 30 heavy (non-hydrogen) atoms. The third-order valence-corrected chi connectivity index (χ3v) is 12.1. The lowest BCUT2D eigenvalue weighted by molar-refractivity contribution is 0.0214. The fourth-order valence-corrected chi connectivity index (χ4v) is 9.43. The predicted octanol–water partition coefficient (Wildman–Crippen LogP) is 3.26. The first kappa shape index (κ1) is 21.7. The molecule has 0 unspecified atom stereocenters. The zero-order valence-corrected chi connectivity index (χ0v) is 19.9. The largest absolute Gasteiger partial charge is 0.405 e. The third kappa shape index (κ3) is 3.37. The Morgan fingerprint density at radius 2 is 1.40 bits per heavy atom. The molecule has 0 aliphatic carbocycles. The summed E-state index contributed by atoms with van der Waals surface area (Å²) in [5.74, 6) is 0. The number of hydrogen-bond donors (Lipinski definition) is 1. The summed E-state index contributed by atoms with van der Waals surface area (Å²) < 4.78 is 18.6. The molecule has 2 aromatic rings. The lowest BCUT2D eigenvalue weighted by Gasteiger charge is -2.43. The van der Waals surface area contributed by atoms with Crippen LogP contribution in [0.5, 0.6) is 0 Å². The molecule has 0 spiro atoms. The molecule has 0 saturated carbocycles. The number of ether oxygens (including phenoxy) is 2. The first-order chi connectivity index (χ1) is 14.1. The average Bonchev–Trinajstić information content (AvgIpc) is 3.57. The van der Waals surface area contributed by atoms with Gasteiger partial charge in [0.1, 0.15) is 23.4 Å². The monoisotopic (exact) mass is 426 g/mol. The molecule has 2 saturated heterocycles. The molecule has 0 bridgehead atoms. The van der Waals surface area contributed by atoms with Crippen LogP contribution in [0, 0.1) is 0 Å². The fourth-order valence-electron chi connectivity index (χ4n) is 4.88. The van der Waals surface area contributed by atoms with Crippen molar-refractivity contribution < 1.29 is 19.0 Å². The van der Waals surface area contributed by atoms with Gasteiger partial charge in [-0.1, -0.05) is 81.4 Å². The summed E-state index contributed by atoms with van der Waals surface area (Å²) in [6.45, 7) is 13.2. The number of benzene rings is 2. The molecule has 2 aliphatic rings. The van der Waals surface area contributed by atoms with E-state index in [2.05, 4.69) is 69.3 Å². The maximum Gasteiger partial charge on any atom is 0.261 e. The van der Waals surface area contributed by atoms with E-state index in [-0.39, 0.29) is 17.2 Å². The summed E-state index contributed by atoms with van der Waals surface area (Å²) in [4.78, 5) is 0. The van der Waals surface area contributed by atoms with E-state index in [0.29, 0.717) is 6.61 Å². The zero-order valence-electron chi connectivity index (χ0n) is 18.9. The first-order valence-electron chi connectivity index (χ1n) is 10.8. The maximum absolute atomic E-state index is 10.9. The Balaban J connectivity index is 1.64. The molecule has 4 rings (SSSR count). The molecule has 1 N–H and O–H groups in total. The van der Waals surface area contributed by atoms with Crippen LogP contribution >= 0.6 is 0 Å². The van der Waals surface area contributed by atoms with E-state index >= 15 is 0 Å². The van der Waals surface area contributed by atoms with Crippen molar-refractivity contribution in [3.05, 3.63) is 60.7 Å². The highest BCUT2D eigenvalue weighted by molar-refractivity contribution is 6.99. The third-order valence-electron chi connectivity index (χ3n) is 7.11. The zero-order chi connectivity index (χ0) is 21.8. The Morgan fingerprint density at radius 1 is 0.933 bits per heavy atom.